The standard InChI is InChI=1S/C10H21N/c1-9(2)6-4-5-7-10(3)8-11/h10H,1,4-8,11H2,2-3H3. The lowest BCUT2D eigenvalue weighted by molar-refractivity contribution is 0.507. The average molecular weight is 155 g/mol. The minimum absolute atomic E-state index is 0.695. The SMILES string of the molecule is C=C(C)CCCCC(C)CN. The average Bonchev–Trinajstić information content (AvgIpc) is 1.97. The maximum atomic E-state index is 5.50. The van der Waals surface area contributed by atoms with Crippen molar-refractivity contribution < 1.29 is 0 Å². The highest BCUT2D eigenvalue weighted by molar-refractivity contribution is 4.87. The van der Waals surface area contributed by atoms with Crippen LogP contribution in [0.5, 0.6) is 0 Å². The van der Waals surface area contributed by atoms with Gasteiger partial charge in [0.2, 0.25) is 0 Å². The van der Waals surface area contributed by atoms with Gasteiger partial charge in [-0.1, -0.05) is 18.9 Å². The number of hydrogen-bond donors (Lipinski definition) is 1. The van der Waals surface area contributed by atoms with Crippen molar-refractivity contribution in [3.05, 3.63) is 12.2 Å². The second-order valence-electron chi connectivity index (χ2n) is 3.54. The van der Waals surface area contributed by atoms with E-state index in [-0.39, 0.29) is 0 Å². The van der Waals surface area contributed by atoms with Crippen LogP contribution in [0.3, 0.4) is 0 Å². The maximum Gasteiger partial charge on any atom is -0.00515 e. The topological polar surface area (TPSA) is 26.0 Å². The Balaban J connectivity index is 3.08. The van der Waals surface area contributed by atoms with E-state index in [2.05, 4.69) is 20.4 Å². The lowest BCUT2D eigenvalue weighted by Crippen LogP contribution is -2.10. The van der Waals surface area contributed by atoms with Gasteiger partial charge in [0.25, 0.3) is 0 Å². The molecule has 0 bridgehead atoms. The summed E-state index contributed by atoms with van der Waals surface area (Å²) in [6, 6.07) is 0. The minimum Gasteiger partial charge on any atom is -0.330 e. The van der Waals surface area contributed by atoms with Crippen LogP contribution >= 0.6 is 0 Å². The molecule has 66 valence electrons. The first-order chi connectivity index (χ1) is 5.16. The van der Waals surface area contributed by atoms with Gasteiger partial charge in [0.05, 0.1) is 0 Å². The van der Waals surface area contributed by atoms with Crippen molar-refractivity contribution in [3.63, 3.8) is 0 Å². The van der Waals surface area contributed by atoms with Crippen LogP contribution in [0.4, 0.5) is 0 Å². The Morgan fingerprint density at radius 2 is 2.09 bits per heavy atom. The molecule has 1 atom stereocenters. The maximum absolute atomic E-state index is 5.50. The van der Waals surface area contributed by atoms with Gasteiger partial charge in [0.15, 0.2) is 0 Å². The van der Waals surface area contributed by atoms with Gasteiger partial charge in [-0.2, -0.15) is 0 Å². The van der Waals surface area contributed by atoms with E-state index in [1.807, 2.05) is 0 Å². The number of unbranched alkanes of at least 4 members (excludes halogenated alkanes) is 1. The lowest BCUT2D eigenvalue weighted by Gasteiger charge is -2.06. The molecule has 0 saturated heterocycles. The normalized spacial score (nSPS) is 13.0. The van der Waals surface area contributed by atoms with Crippen LogP contribution in [0.1, 0.15) is 39.5 Å². The largest absolute Gasteiger partial charge is 0.330 e. The first-order valence-corrected chi connectivity index (χ1v) is 4.51. The number of hydrogen-bond acceptors (Lipinski definition) is 1. The third-order valence-electron chi connectivity index (χ3n) is 1.95. The summed E-state index contributed by atoms with van der Waals surface area (Å²) < 4.78 is 0. The summed E-state index contributed by atoms with van der Waals surface area (Å²) in [6.45, 7) is 8.99. The first-order valence-electron chi connectivity index (χ1n) is 4.51. The third kappa shape index (κ3) is 7.60. The van der Waals surface area contributed by atoms with Crippen molar-refractivity contribution >= 4 is 0 Å². The molecule has 11 heavy (non-hydrogen) atoms. The molecule has 1 unspecified atom stereocenters. The molecular weight excluding hydrogens is 134 g/mol. The van der Waals surface area contributed by atoms with Crippen molar-refractivity contribution in [2.75, 3.05) is 6.54 Å². The molecule has 0 heterocycles. The van der Waals surface area contributed by atoms with E-state index < -0.39 is 0 Å². The molecule has 1 heteroatoms. The molecule has 0 aromatic heterocycles. The number of rotatable bonds is 6. The Morgan fingerprint density at radius 3 is 2.55 bits per heavy atom. The zero-order valence-electron chi connectivity index (χ0n) is 7.90. The Hall–Kier alpha value is -0.300. The summed E-state index contributed by atoms with van der Waals surface area (Å²) in [5.74, 6) is 0.695. The number of nitrogens with two attached hydrogens (primary N) is 1. The first kappa shape index (κ1) is 10.7. The summed E-state index contributed by atoms with van der Waals surface area (Å²) in [5.41, 5.74) is 6.79. The lowest BCUT2D eigenvalue weighted by atomic mass is 10.0. The molecule has 0 saturated carbocycles. The minimum atomic E-state index is 0.695. The highest BCUT2D eigenvalue weighted by Crippen LogP contribution is 2.10. The fraction of sp³-hybridized carbons (Fsp3) is 0.800. The molecule has 2 N–H and O–H groups in total. The van der Waals surface area contributed by atoms with Crippen LogP contribution < -0.4 is 5.73 Å². The van der Waals surface area contributed by atoms with Crippen LogP contribution in [-0.4, -0.2) is 6.54 Å². The van der Waals surface area contributed by atoms with Crippen molar-refractivity contribution in [1.29, 1.82) is 0 Å². The van der Waals surface area contributed by atoms with E-state index in [9.17, 15) is 0 Å². The van der Waals surface area contributed by atoms with Crippen LogP contribution in [0.25, 0.3) is 0 Å². The van der Waals surface area contributed by atoms with Crippen LogP contribution in [0, 0.1) is 5.92 Å². The molecule has 0 aliphatic heterocycles. The summed E-state index contributed by atoms with van der Waals surface area (Å²) in [7, 11) is 0. The fourth-order valence-electron chi connectivity index (χ4n) is 1.04. The van der Waals surface area contributed by atoms with Crippen LogP contribution in [-0.2, 0) is 0 Å². The molecular formula is C10H21N. The van der Waals surface area contributed by atoms with E-state index in [1.54, 1.807) is 0 Å². The Kier molecular flexibility index (Phi) is 6.24. The predicted molar refractivity (Wildman–Crippen MR) is 51.5 cm³/mol. The van der Waals surface area contributed by atoms with E-state index in [0.717, 1.165) is 6.54 Å². The zero-order valence-corrected chi connectivity index (χ0v) is 7.90. The monoisotopic (exact) mass is 155 g/mol. The van der Waals surface area contributed by atoms with E-state index in [1.165, 1.54) is 31.3 Å². The van der Waals surface area contributed by atoms with Crippen molar-refractivity contribution in [2.24, 2.45) is 11.7 Å². The van der Waals surface area contributed by atoms with Gasteiger partial charge in [0, 0.05) is 0 Å². The molecule has 0 spiro atoms. The molecule has 1 nitrogen and oxygen atoms in total. The Morgan fingerprint density at radius 1 is 1.45 bits per heavy atom. The van der Waals surface area contributed by atoms with Crippen molar-refractivity contribution in [1.82, 2.24) is 0 Å². The summed E-state index contributed by atoms with van der Waals surface area (Å²) >= 11 is 0. The molecule has 0 aromatic carbocycles. The molecule has 0 aliphatic rings. The predicted octanol–water partition coefficient (Wildman–Crippen LogP) is 2.72. The number of allylic oxidation sites excluding steroid dienone is 1. The Labute approximate surface area is 70.7 Å². The fourth-order valence-corrected chi connectivity index (χ4v) is 1.04. The highest BCUT2D eigenvalue weighted by Gasteiger charge is 1.97. The quantitative estimate of drug-likeness (QED) is 0.463. The molecule has 0 aliphatic carbocycles. The third-order valence-corrected chi connectivity index (χ3v) is 1.95. The molecule has 0 rings (SSSR count). The van der Waals surface area contributed by atoms with Gasteiger partial charge in [-0.15, -0.1) is 6.58 Å². The Bertz CT molecular complexity index is 107. The molecule has 0 radical (unpaired) electrons. The van der Waals surface area contributed by atoms with Gasteiger partial charge >= 0.3 is 0 Å². The van der Waals surface area contributed by atoms with Crippen molar-refractivity contribution in [2.45, 2.75) is 39.5 Å². The van der Waals surface area contributed by atoms with E-state index >= 15 is 0 Å². The second kappa shape index (κ2) is 6.41. The molecule has 0 fully saturated rings. The van der Waals surface area contributed by atoms with Gasteiger partial charge in [0.1, 0.15) is 0 Å². The molecule has 0 aromatic rings. The van der Waals surface area contributed by atoms with E-state index in [4.69, 9.17) is 5.73 Å². The van der Waals surface area contributed by atoms with Crippen LogP contribution in [0.15, 0.2) is 12.2 Å². The van der Waals surface area contributed by atoms with Crippen molar-refractivity contribution in [3.8, 4) is 0 Å². The van der Waals surface area contributed by atoms with Gasteiger partial charge in [-0.3, -0.25) is 0 Å². The van der Waals surface area contributed by atoms with Gasteiger partial charge in [-0.25, -0.2) is 0 Å². The smallest absolute Gasteiger partial charge is 0.00515 e. The van der Waals surface area contributed by atoms with E-state index in [0.29, 0.717) is 5.92 Å². The van der Waals surface area contributed by atoms with Gasteiger partial charge < -0.3 is 5.73 Å². The zero-order chi connectivity index (χ0) is 8.69. The summed E-state index contributed by atoms with van der Waals surface area (Å²) in [6.07, 6.45) is 5.02. The summed E-state index contributed by atoms with van der Waals surface area (Å²) in [4.78, 5) is 0. The molecule has 0 amide bonds. The van der Waals surface area contributed by atoms with Gasteiger partial charge in [-0.05, 0) is 38.6 Å². The summed E-state index contributed by atoms with van der Waals surface area (Å²) in [5, 5.41) is 0. The van der Waals surface area contributed by atoms with Crippen LogP contribution in [0.2, 0.25) is 0 Å². The highest BCUT2D eigenvalue weighted by atomic mass is 14.5. The second-order valence-corrected chi connectivity index (χ2v) is 3.54.